The molecular formula is C20H24N2O7. The first-order chi connectivity index (χ1) is 13.9. The minimum atomic E-state index is -1.09. The van der Waals surface area contributed by atoms with Gasteiger partial charge in [-0.3, -0.25) is 14.6 Å². The number of para-hydroxylation sites is 2. The molecular weight excluding hydrogens is 380 g/mol. The lowest BCUT2D eigenvalue weighted by atomic mass is 10.3. The quantitative estimate of drug-likeness (QED) is 0.760. The van der Waals surface area contributed by atoms with Crippen molar-refractivity contribution >= 4 is 29.5 Å². The number of carbonyl (C=O) groups is 3. The number of hydrogen-bond donors (Lipinski definition) is 2. The van der Waals surface area contributed by atoms with Gasteiger partial charge in [-0.2, -0.15) is 0 Å². The number of methoxy groups -OCH3 is 2. The van der Waals surface area contributed by atoms with Crippen LogP contribution in [0.15, 0.2) is 60.7 Å². The summed E-state index contributed by atoms with van der Waals surface area (Å²) in [5.74, 6) is -1.09. The smallest absolute Gasteiger partial charge is 0.414 e. The average Bonchev–Trinajstić information content (AvgIpc) is 2.76. The summed E-state index contributed by atoms with van der Waals surface area (Å²) in [6.07, 6.45) is -1.16. The van der Waals surface area contributed by atoms with Crippen molar-refractivity contribution in [1.82, 2.24) is 0 Å². The van der Waals surface area contributed by atoms with E-state index in [0.717, 1.165) is 4.90 Å². The summed E-state index contributed by atoms with van der Waals surface area (Å²) >= 11 is 0. The first-order valence-corrected chi connectivity index (χ1v) is 8.58. The van der Waals surface area contributed by atoms with Crippen molar-refractivity contribution in [3.8, 4) is 0 Å². The molecule has 0 saturated heterocycles. The lowest BCUT2D eigenvalue weighted by Gasteiger charge is -2.19. The summed E-state index contributed by atoms with van der Waals surface area (Å²) in [4.78, 5) is 35.6. The largest absolute Gasteiger partial charge is 0.480 e. The molecule has 2 aromatic rings. The first-order valence-electron chi connectivity index (χ1n) is 8.58. The molecule has 0 atom stereocenters. The molecule has 0 aliphatic rings. The van der Waals surface area contributed by atoms with E-state index in [4.69, 9.17) is 10.2 Å². The number of rotatable bonds is 6. The minimum absolute atomic E-state index is 0.0933. The van der Waals surface area contributed by atoms with Crippen molar-refractivity contribution in [3.05, 3.63) is 60.7 Å². The summed E-state index contributed by atoms with van der Waals surface area (Å²) < 4.78 is 9.09. The Hall–Kier alpha value is -3.59. The Bertz CT molecular complexity index is 769. The summed E-state index contributed by atoms with van der Waals surface area (Å²) in [5.41, 5.74) is 1.21. The normalized spacial score (nSPS) is 9.48. The zero-order chi connectivity index (χ0) is 21.6. The maximum atomic E-state index is 11.3. The van der Waals surface area contributed by atoms with Gasteiger partial charge in [0.25, 0.3) is 0 Å². The second-order valence-electron chi connectivity index (χ2n) is 5.47. The van der Waals surface area contributed by atoms with E-state index in [1.54, 1.807) is 42.5 Å². The highest BCUT2D eigenvalue weighted by Crippen LogP contribution is 2.14. The molecule has 0 bridgehead atoms. The van der Waals surface area contributed by atoms with Crippen LogP contribution in [0.3, 0.4) is 0 Å². The fourth-order valence-electron chi connectivity index (χ4n) is 2.26. The second-order valence-corrected chi connectivity index (χ2v) is 5.47. The molecule has 0 heterocycles. The van der Waals surface area contributed by atoms with E-state index in [2.05, 4.69) is 9.47 Å². The van der Waals surface area contributed by atoms with Crippen LogP contribution in [0.1, 0.15) is 0 Å². The van der Waals surface area contributed by atoms with Crippen LogP contribution in [-0.4, -0.2) is 62.3 Å². The number of carbonyl (C=O) groups excluding carboxylic acids is 2. The summed E-state index contributed by atoms with van der Waals surface area (Å²) in [5, 5.41) is 17.4. The minimum Gasteiger partial charge on any atom is -0.480 e. The summed E-state index contributed by atoms with van der Waals surface area (Å²) in [6.45, 7) is -0.280. The third kappa shape index (κ3) is 7.89. The molecule has 0 unspecified atom stereocenters. The molecule has 2 amide bonds. The molecule has 156 valence electrons. The average molecular weight is 404 g/mol. The number of hydrogen-bond acceptors (Lipinski definition) is 6. The van der Waals surface area contributed by atoms with Crippen LogP contribution < -0.4 is 9.80 Å². The van der Waals surface area contributed by atoms with Gasteiger partial charge in [-0.15, -0.1) is 0 Å². The van der Waals surface area contributed by atoms with Gasteiger partial charge in [0.05, 0.1) is 27.4 Å². The maximum Gasteiger partial charge on any atom is 0.414 e. The predicted octanol–water partition coefficient (Wildman–Crippen LogP) is 2.60. The Kier molecular flexibility index (Phi) is 10.3. The number of carboxylic acids is 1. The number of aliphatic hydroxyl groups excluding tert-OH is 1. The van der Waals surface area contributed by atoms with Crippen LogP contribution in [-0.2, 0) is 14.3 Å². The Balaban J connectivity index is 0.000000291. The molecule has 0 spiro atoms. The van der Waals surface area contributed by atoms with E-state index in [1.807, 2.05) is 18.2 Å². The molecule has 29 heavy (non-hydrogen) atoms. The zero-order valence-electron chi connectivity index (χ0n) is 16.2. The molecule has 0 aromatic heterocycles. The van der Waals surface area contributed by atoms with Crippen molar-refractivity contribution in [2.75, 3.05) is 43.7 Å². The molecule has 2 aromatic carbocycles. The van der Waals surface area contributed by atoms with Gasteiger partial charge in [-0.25, -0.2) is 9.59 Å². The Morgan fingerprint density at radius 3 is 1.59 bits per heavy atom. The summed E-state index contributed by atoms with van der Waals surface area (Å²) in [7, 11) is 2.52. The Labute approximate surface area is 168 Å². The van der Waals surface area contributed by atoms with Crippen molar-refractivity contribution < 1.29 is 34.1 Å². The van der Waals surface area contributed by atoms with Gasteiger partial charge in [0, 0.05) is 11.4 Å². The van der Waals surface area contributed by atoms with Gasteiger partial charge in [0.15, 0.2) is 0 Å². The molecule has 0 fully saturated rings. The molecule has 2 rings (SSSR count). The lowest BCUT2D eigenvalue weighted by Crippen LogP contribution is -2.35. The molecule has 0 aliphatic heterocycles. The fraction of sp³-hybridized carbons (Fsp3) is 0.250. The lowest BCUT2D eigenvalue weighted by molar-refractivity contribution is -0.135. The molecule has 0 radical (unpaired) electrons. The molecule has 9 heteroatoms. The summed E-state index contributed by atoms with van der Waals surface area (Å²) in [6, 6.07) is 17.6. The highest BCUT2D eigenvalue weighted by atomic mass is 16.5. The fourth-order valence-corrected chi connectivity index (χ4v) is 2.26. The van der Waals surface area contributed by atoms with Crippen LogP contribution in [0.2, 0.25) is 0 Å². The van der Waals surface area contributed by atoms with Crippen LogP contribution >= 0.6 is 0 Å². The first kappa shape index (κ1) is 23.4. The number of aliphatic carboxylic acids is 1. The number of ether oxygens (including phenoxy) is 2. The maximum absolute atomic E-state index is 11.3. The SMILES string of the molecule is COC(=O)N(CC(=O)O)c1ccccc1.COC(=O)N(CCO)c1ccccc1. The van der Waals surface area contributed by atoms with Gasteiger partial charge in [0.2, 0.25) is 0 Å². The van der Waals surface area contributed by atoms with E-state index in [-0.39, 0.29) is 13.2 Å². The monoisotopic (exact) mass is 404 g/mol. The topological polar surface area (TPSA) is 117 Å². The number of anilines is 2. The number of carboxylic acid groups (broad SMARTS) is 1. The van der Waals surface area contributed by atoms with Crippen molar-refractivity contribution in [2.24, 2.45) is 0 Å². The van der Waals surface area contributed by atoms with Gasteiger partial charge in [-0.05, 0) is 24.3 Å². The zero-order valence-corrected chi connectivity index (χ0v) is 16.2. The van der Waals surface area contributed by atoms with Crippen molar-refractivity contribution in [1.29, 1.82) is 0 Å². The van der Waals surface area contributed by atoms with Gasteiger partial charge in [0.1, 0.15) is 6.54 Å². The van der Waals surface area contributed by atoms with E-state index in [1.165, 1.54) is 19.1 Å². The third-order valence-electron chi connectivity index (χ3n) is 3.54. The second kappa shape index (κ2) is 12.7. The molecule has 9 nitrogen and oxygen atoms in total. The molecule has 0 aliphatic carbocycles. The van der Waals surface area contributed by atoms with Gasteiger partial charge < -0.3 is 19.7 Å². The van der Waals surface area contributed by atoms with Crippen molar-refractivity contribution in [3.63, 3.8) is 0 Å². The number of nitrogens with zero attached hydrogens (tertiary/aromatic N) is 2. The van der Waals surface area contributed by atoms with Crippen LogP contribution in [0.4, 0.5) is 21.0 Å². The number of benzene rings is 2. The van der Waals surface area contributed by atoms with E-state index in [0.29, 0.717) is 11.4 Å². The van der Waals surface area contributed by atoms with E-state index < -0.39 is 24.7 Å². The van der Waals surface area contributed by atoms with Crippen LogP contribution in [0.25, 0.3) is 0 Å². The van der Waals surface area contributed by atoms with Crippen LogP contribution in [0, 0.1) is 0 Å². The molecule has 0 saturated carbocycles. The van der Waals surface area contributed by atoms with E-state index in [9.17, 15) is 14.4 Å². The van der Waals surface area contributed by atoms with Gasteiger partial charge in [-0.1, -0.05) is 36.4 Å². The van der Waals surface area contributed by atoms with Crippen molar-refractivity contribution in [2.45, 2.75) is 0 Å². The third-order valence-corrected chi connectivity index (χ3v) is 3.54. The number of aliphatic hydroxyl groups is 1. The van der Waals surface area contributed by atoms with Gasteiger partial charge >= 0.3 is 18.2 Å². The van der Waals surface area contributed by atoms with Crippen LogP contribution in [0.5, 0.6) is 0 Å². The molecule has 2 N–H and O–H groups in total. The van der Waals surface area contributed by atoms with E-state index >= 15 is 0 Å². The number of amides is 2. The highest BCUT2D eigenvalue weighted by Gasteiger charge is 2.18. The Morgan fingerprint density at radius 2 is 1.21 bits per heavy atom. The highest BCUT2D eigenvalue weighted by molar-refractivity contribution is 5.92. The standard InChI is InChI=1S/C10H11NO4.C10H13NO3/c1-15-10(14)11(7-9(12)13)8-5-3-2-4-6-8;1-14-10(13)11(7-8-12)9-5-3-2-4-6-9/h2-6H,7H2,1H3,(H,12,13);2-6,12H,7-8H2,1H3. The predicted molar refractivity (Wildman–Crippen MR) is 107 cm³/mol. The Morgan fingerprint density at radius 1 is 0.793 bits per heavy atom.